The Morgan fingerprint density at radius 3 is 2.86 bits per heavy atom. The van der Waals surface area contributed by atoms with Crippen molar-refractivity contribution in [2.24, 2.45) is 5.92 Å². The van der Waals surface area contributed by atoms with Gasteiger partial charge in [-0.2, -0.15) is 0 Å². The van der Waals surface area contributed by atoms with Gasteiger partial charge < -0.3 is 10.5 Å². The average molecular weight is 332 g/mol. The van der Waals surface area contributed by atoms with Gasteiger partial charge in [0.05, 0.1) is 22.9 Å². The Labute approximate surface area is 136 Å². The van der Waals surface area contributed by atoms with Crippen molar-refractivity contribution in [2.45, 2.75) is 13.8 Å². The molecule has 0 fully saturated rings. The van der Waals surface area contributed by atoms with Crippen LogP contribution in [0.2, 0.25) is 0 Å². The summed E-state index contributed by atoms with van der Waals surface area (Å²) < 4.78 is 5.27. The number of carbonyl (C=O) groups excluding carboxylic acids is 1. The monoisotopic (exact) mass is 332 g/mol. The minimum Gasteiger partial charge on any atom is -0.461 e. The van der Waals surface area contributed by atoms with Gasteiger partial charge >= 0.3 is 5.97 Å². The lowest BCUT2D eigenvalue weighted by molar-refractivity contribution is 0.0466. The zero-order valence-electron chi connectivity index (χ0n) is 12.3. The van der Waals surface area contributed by atoms with Crippen LogP contribution < -0.4 is 5.73 Å². The molecule has 22 heavy (non-hydrogen) atoms. The smallest absolute Gasteiger partial charge is 0.350 e. The van der Waals surface area contributed by atoms with Gasteiger partial charge in [0, 0.05) is 5.39 Å². The van der Waals surface area contributed by atoms with E-state index in [4.69, 9.17) is 10.5 Å². The van der Waals surface area contributed by atoms with Gasteiger partial charge in [-0.05, 0) is 29.5 Å². The molecule has 3 aromatic rings. The van der Waals surface area contributed by atoms with Crippen LogP contribution >= 0.6 is 22.7 Å². The first kappa shape index (κ1) is 15.0. The van der Waals surface area contributed by atoms with Gasteiger partial charge in [-0.3, -0.25) is 0 Å². The molecule has 6 heteroatoms. The summed E-state index contributed by atoms with van der Waals surface area (Å²) in [7, 11) is 0. The molecule has 0 saturated carbocycles. The van der Waals surface area contributed by atoms with E-state index < -0.39 is 0 Å². The van der Waals surface area contributed by atoms with Crippen LogP contribution in [-0.4, -0.2) is 17.6 Å². The first-order chi connectivity index (χ1) is 10.6. The number of aromatic nitrogens is 1. The predicted molar refractivity (Wildman–Crippen MR) is 92.5 cm³/mol. The second-order valence-electron chi connectivity index (χ2n) is 5.36. The summed E-state index contributed by atoms with van der Waals surface area (Å²) in [5, 5.41) is 2.82. The van der Waals surface area contributed by atoms with Crippen LogP contribution in [0.15, 0.2) is 29.6 Å². The first-order valence-electron chi connectivity index (χ1n) is 6.96. The van der Waals surface area contributed by atoms with Crippen LogP contribution in [0.25, 0.3) is 20.8 Å². The quantitative estimate of drug-likeness (QED) is 0.718. The molecule has 2 N–H and O–H groups in total. The highest BCUT2D eigenvalue weighted by molar-refractivity contribution is 7.21. The van der Waals surface area contributed by atoms with Gasteiger partial charge in [0.1, 0.15) is 9.71 Å². The standard InChI is InChI=1S/C16H16N2O2S2/c1-9(2)8-20-16(19)14-13(17)10-5-6-11(18-15(10)22-14)12-4-3-7-21-12/h3-7,9H,8,17H2,1-2H3. The zero-order valence-corrected chi connectivity index (χ0v) is 14.0. The second kappa shape index (κ2) is 6.06. The third kappa shape index (κ3) is 2.84. The van der Waals surface area contributed by atoms with E-state index in [0.29, 0.717) is 23.1 Å². The van der Waals surface area contributed by atoms with Crippen molar-refractivity contribution in [1.82, 2.24) is 4.98 Å². The lowest BCUT2D eigenvalue weighted by Gasteiger charge is -2.05. The van der Waals surface area contributed by atoms with Crippen molar-refractivity contribution in [3.8, 4) is 10.6 Å². The van der Waals surface area contributed by atoms with E-state index >= 15 is 0 Å². The third-order valence-corrected chi connectivity index (χ3v) is 5.09. The zero-order chi connectivity index (χ0) is 15.7. The van der Waals surface area contributed by atoms with Gasteiger partial charge in [-0.1, -0.05) is 19.9 Å². The van der Waals surface area contributed by atoms with E-state index in [9.17, 15) is 4.79 Å². The Bertz CT molecular complexity index is 807. The van der Waals surface area contributed by atoms with Crippen LogP contribution in [0, 0.1) is 5.92 Å². The molecule has 0 unspecified atom stereocenters. The van der Waals surface area contributed by atoms with Crippen molar-refractivity contribution in [3.63, 3.8) is 0 Å². The molecule has 3 rings (SSSR count). The third-order valence-electron chi connectivity index (χ3n) is 3.10. The summed E-state index contributed by atoms with van der Waals surface area (Å²) in [6, 6.07) is 7.86. The molecular formula is C16H16N2O2S2. The first-order valence-corrected chi connectivity index (χ1v) is 8.66. The van der Waals surface area contributed by atoms with Gasteiger partial charge in [0.25, 0.3) is 0 Å². The van der Waals surface area contributed by atoms with Gasteiger partial charge in [0.2, 0.25) is 0 Å². The maximum atomic E-state index is 12.1. The molecule has 114 valence electrons. The Hall–Kier alpha value is -1.92. The molecule has 0 bridgehead atoms. The number of hydrogen-bond acceptors (Lipinski definition) is 6. The number of carbonyl (C=O) groups is 1. The fourth-order valence-electron chi connectivity index (χ4n) is 2.02. The van der Waals surface area contributed by atoms with E-state index in [2.05, 4.69) is 4.98 Å². The van der Waals surface area contributed by atoms with E-state index in [-0.39, 0.29) is 5.97 Å². The van der Waals surface area contributed by atoms with Crippen LogP contribution in [-0.2, 0) is 4.74 Å². The molecule has 0 saturated heterocycles. The molecule has 0 radical (unpaired) electrons. The lowest BCUT2D eigenvalue weighted by atomic mass is 10.2. The number of nitrogens with two attached hydrogens (primary N) is 1. The summed E-state index contributed by atoms with van der Waals surface area (Å²) >= 11 is 2.92. The van der Waals surface area contributed by atoms with Crippen molar-refractivity contribution < 1.29 is 9.53 Å². The minimum atomic E-state index is -0.369. The molecule has 0 aliphatic rings. The SMILES string of the molecule is CC(C)COC(=O)c1sc2nc(-c3cccs3)ccc2c1N. The highest BCUT2D eigenvalue weighted by atomic mass is 32.1. The molecule has 0 spiro atoms. The summed E-state index contributed by atoms with van der Waals surface area (Å²) in [5.74, 6) is -0.0741. The minimum absolute atomic E-state index is 0.295. The molecule has 4 nitrogen and oxygen atoms in total. The predicted octanol–water partition coefficient (Wildman–Crippen LogP) is 4.42. The van der Waals surface area contributed by atoms with Gasteiger partial charge in [0.15, 0.2) is 0 Å². The Morgan fingerprint density at radius 2 is 2.18 bits per heavy atom. The largest absolute Gasteiger partial charge is 0.461 e. The summed E-state index contributed by atoms with van der Waals surface area (Å²) in [6.07, 6.45) is 0. The molecule has 0 aromatic carbocycles. The van der Waals surface area contributed by atoms with Crippen molar-refractivity contribution >= 4 is 44.5 Å². The molecule has 3 aromatic heterocycles. The van der Waals surface area contributed by atoms with E-state index in [1.165, 1.54) is 11.3 Å². The number of esters is 1. The number of anilines is 1. The van der Waals surface area contributed by atoms with Crippen molar-refractivity contribution in [2.75, 3.05) is 12.3 Å². The number of pyridine rings is 1. The maximum absolute atomic E-state index is 12.1. The lowest BCUT2D eigenvalue weighted by Crippen LogP contribution is -2.10. The van der Waals surface area contributed by atoms with Crippen LogP contribution in [0.3, 0.4) is 0 Å². The number of nitrogen functional groups attached to an aromatic ring is 1. The number of hydrogen-bond donors (Lipinski definition) is 1. The van der Waals surface area contributed by atoms with Crippen LogP contribution in [0.4, 0.5) is 5.69 Å². The highest BCUT2D eigenvalue weighted by Gasteiger charge is 2.19. The summed E-state index contributed by atoms with van der Waals surface area (Å²) in [5.41, 5.74) is 7.44. The van der Waals surface area contributed by atoms with E-state index in [1.54, 1.807) is 11.3 Å². The Kier molecular flexibility index (Phi) is 4.13. The summed E-state index contributed by atoms with van der Waals surface area (Å²) in [4.78, 5) is 19.0. The average Bonchev–Trinajstić information content (AvgIpc) is 3.13. The van der Waals surface area contributed by atoms with Crippen molar-refractivity contribution in [1.29, 1.82) is 0 Å². The van der Waals surface area contributed by atoms with Crippen molar-refractivity contribution in [3.05, 3.63) is 34.5 Å². The fourth-order valence-corrected chi connectivity index (χ4v) is 3.70. The molecule has 0 aliphatic carbocycles. The molecule has 3 heterocycles. The van der Waals surface area contributed by atoms with E-state index in [1.807, 2.05) is 43.5 Å². The normalized spacial score (nSPS) is 11.2. The van der Waals surface area contributed by atoms with Gasteiger partial charge in [-0.25, -0.2) is 9.78 Å². The number of ether oxygens (including phenoxy) is 1. The Balaban J connectivity index is 1.96. The molecule has 0 aliphatic heterocycles. The molecule has 0 atom stereocenters. The number of thiophene rings is 2. The topological polar surface area (TPSA) is 65.2 Å². The van der Waals surface area contributed by atoms with E-state index in [0.717, 1.165) is 20.8 Å². The highest BCUT2D eigenvalue weighted by Crippen LogP contribution is 2.35. The van der Waals surface area contributed by atoms with Crippen LogP contribution in [0.1, 0.15) is 23.5 Å². The number of rotatable bonds is 4. The molecular weight excluding hydrogens is 316 g/mol. The number of fused-ring (bicyclic) bond motifs is 1. The Morgan fingerprint density at radius 1 is 1.36 bits per heavy atom. The molecule has 0 amide bonds. The maximum Gasteiger partial charge on any atom is 0.350 e. The number of nitrogens with zero attached hydrogens (tertiary/aromatic N) is 1. The van der Waals surface area contributed by atoms with Crippen LogP contribution in [0.5, 0.6) is 0 Å². The van der Waals surface area contributed by atoms with Gasteiger partial charge in [-0.15, -0.1) is 22.7 Å². The summed E-state index contributed by atoms with van der Waals surface area (Å²) in [6.45, 7) is 4.38. The fraction of sp³-hybridized carbons (Fsp3) is 0.250. The second-order valence-corrected chi connectivity index (χ2v) is 7.31.